The summed E-state index contributed by atoms with van der Waals surface area (Å²) in [5, 5.41) is 0. The first kappa shape index (κ1) is 14.3. The van der Waals surface area contributed by atoms with Gasteiger partial charge in [0.15, 0.2) is 0 Å². The van der Waals surface area contributed by atoms with Crippen LogP contribution in [0.3, 0.4) is 0 Å². The lowest BCUT2D eigenvalue weighted by atomic mass is 9.85. The molecule has 1 amide bonds. The number of nitrogens with zero attached hydrogens (tertiary/aromatic N) is 2. The predicted molar refractivity (Wildman–Crippen MR) is 76.4 cm³/mol. The second-order valence-corrected chi connectivity index (χ2v) is 6.94. The fourth-order valence-electron chi connectivity index (χ4n) is 3.55. The van der Waals surface area contributed by atoms with E-state index in [4.69, 9.17) is 4.74 Å². The third-order valence-electron chi connectivity index (χ3n) is 4.32. The molecule has 5 heteroatoms. The highest BCUT2D eigenvalue weighted by atomic mass is 18.2. The van der Waals surface area contributed by atoms with Gasteiger partial charge in [-0.3, -0.25) is 0 Å². The highest BCUT2D eigenvalue weighted by Gasteiger charge is 2.50. The van der Waals surface area contributed by atoms with Crippen LogP contribution in [-0.2, 0) is 4.74 Å². The number of carbonyl (C=O) groups excluding carboxylic acids is 1. The van der Waals surface area contributed by atoms with Crippen LogP contribution < -0.4 is 0 Å². The highest BCUT2D eigenvalue weighted by molar-refractivity contribution is 5.70. The average molecular weight is 291 g/mol. The summed E-state index contributed by atoms with van der Waals surface area (Å²) in [5.41, 5.74) is 0.531. The van der Waals surface area contributed by atoms with E-state index in [9.17, 15) is 9.18 Å². The van der Waals surface area contributed by atoms with E-state index in [1.54, 1.807) is 12.3 Å². The third kappa shape index (κ3) is 2.74. The van der Waals surface area contributed by atoms with Crippen LogP contribution >= 0.6 is 0 Å². The van der Waals surface area contributed by atoms with Gasteiger partial charge in [-0.1, -0.05) is 6.07 Å². The Morgan fingerprint density at radius 2 is 2.14 bits per heavy atom. The van der Waals surface area contributed by atoms with Crippen molar-refractivity contribution in [3.63, 3.8) is 0 Å². The van der Waals surface area contributed by atoms with Crippen molar-refractivity contribution in [3.05, 3.63) is 29.8 Å². The van der Waals surface area contributed by atoms with Gasteiger partial charge in [0.2, 0.25) is 5.95 Å². The zero-order valence-electron chi connectivity index (χ0n) is 12.7. The second kappa shape index (κ2) is 4.97. The van der Waals surface area contributed by atoms with Crippen LogP contribution in [0.25, 0.3) is 0 Å². The lowest BCUT2D eigenvalue weighted by Gasteiger charge is -2.28. The molecule has 3 rings (SSSR count). The molecule has 2 aliphatic heterocycles. The van der Waals surface area contributed by atoms with E-state index in [-0.39, 0.29) is 24.1 Å². The number of fused-ring (bicyclic) bond motifs is 2. The fourth-order valence-corrected chi connectivity index (χ4v) is 3.55. The van der Waals surface area contributed by atoms with Gasteiger partial charge in [0, 0.05) is 24.2 Å². The molecular formula is C16H21FN2O2. The number of hydrogen-bond donors (Lipinski definition) is 0. The number of pyridine rings is 1. The zero-order chi connectivity index (χ0) is 15.2. The Hall–Kier alpha value is -1.65. The normalized spacial score (nSPS) is 28.0. The van der Waals surface area contributed by atoms with Crippen molar-refractivity contribution in [2.75, 3.05) is 0 Å². The molecule has 21 heavy (non-hydrogen) atoms. The van der Waals surface area contributed by atoms with Gasteiger partial charge in [-0.05, 0) is 51.7 Å². The lowest BCUT2D eigenvalue weighted by molar-refractivity contribution is 0.0213. The number of rotatable bonds is 1. The zero-order valence-corrected chi connectivity index (χ0v) is 12.7. The summed E-state index contributed by atoms with van der Waals surface area (Å²) < 4.78 is 18.5. The van der Waals surface area contributed by atoms with Crippen LogP contribution in [0.1, 0.15) is 51.5 Å². The third-order valence-corrected chi connectivity index (χ3v) is 4.32. The van der Waals surface area contributed by atoms with Crippen LogP contribution in [0.2, 0.25) is 0 Å². The smallest absolute Gasteiger partial charge is 0.410 e. The van der Waals surface area contributed by atoms with Crippen molar-refractivity contribution in [2.24, 2.45) is 0 Å². The van der Waals surface area contributed by atoms with Gasteiger partial charge in [0.1, 0.15) is 5.60 Å². The SMILES string of the molecule is CC(C)(C)OC(=O)N1[C@H]2CC[C@@H]1[C@@H](c1ccc([18F])nc1)C2. The minimum atomic E-state index is -0.480. The molecule has 0 aliphatic carbocycles. The fraction of sp³-hybridized carbons (Fsp3) is 0.625. The minimum Gasteiger partial charge on any atom is -0.444 e. The second-order valence-electron chi connectivity index (χ2n) is 6.94. The molecule has 3 atom stereocenters. The van der Waals surface area contributed by atoms with Crippen molar-refractivity contribution < 1.29 is 13.9 Å². The molecule has 2 fully saturated rings. The Labute approximate surface area is 124 Å². The maximum absolute atomic E-state index is 13.0. The van der Waals surface area contributed by atoms with Crippen molar-refractivity contribution in [1.29, 1.82) is 0 Å². The molecule has 0 N–H and O–H groups in total. The molecule has 1 aromatic rings. The molecule has 0 spiro atoms. The summed E-state index contributed by atoms with van der Waals surface area (Å²) in [6.45, 7) is 5.64. The van der Waals surface area contributed by atoms with Gasteiger partial charge in [-0.2, -0.15) is 4.39 Å². The van der Waals surface area contributed by atoms with Crippen LogP contribution in [0.5, 0.6) is 0 Å². The minimum absolute atomic E-state index is 0.150. The number of halogens is 1. The maximum atomic E-state index is 13.0. The van der Waals surface area contributed by atoms with Crippen LogP contribution in [-0.4, -0.2) is 33.7 Å². The van der Waals surface area contributed by atoms with Gasteiger partial charge in [0.05, 0.1) is 0 Å². The molecule has 2 aliphatic rings. The maximum Gasteiger partial charge on any atom is 0.410 e. The summed E-state index contributed by atoms with van der Waals surface area (Å²) in [4.78, 5) is 18.0. The van der Waals surface area contributed by atoms with Crippen LogP contribution in [0.4, 0.5) is 9.18 Å². The monoisotopic (exact) mass is 291 g/mol. The van der Waals surface area contributed by atoms with Gasteiger partial charge in [-0.15, -0.1) is 0 Å². The first-order valence-corrected chi connectivity index (χ1v) is 7.48. The number of ether oxygens (including phenoxy) is 1. The summed E-state index contributed by atoms with van der Waals surface area (Å²) in [5.74, 6) is -0.227. The number of aromatic nitrogens is 1. The Bertz CT molecular complexity index is 538. The topological polar surface area (TPSA) is 42.4 Å². The van der Waals surface area contributed by atoms with E-state index in [0.29, 0.717) is 0 Å². The molecule has 0 unspecified atom stereocenters. The average Bonchev–Trinajstić information content (AvgIpc) is 2.95. The standard InChI is InChI=1S/C16H21FN2O2/c1-16(2,3)21-15(20)19-11-5-6-13(19)12(8-11)10-4-7-14(17)18-9-10/h4,7,9,11-13H,5-6,8H2,1-3H3/t11-,12+,13+/m0/s1/i17-1. The summed E-state index contributed by atoms with van der Waals surface area (Å²) >= 11 is 0. The van der Waals surface area contributed by atoms with Crippen molar-refractivity contribution in [3.8, 4) is 0 Å². The van der Waals surface area contributed by atoms with E-state index in [0.717, 1.165) is 24.8 Å². The molecule has 4 nitrogen and oxygen atoms in total. The van der Waals surface area contributed by atoms with Gasteiger partial charge < -0.3 is 9.64 Å². The molecule has 0 saturated carbocycles. The first-order chi connectivity index (χ1) is 9.85. The number of amides is 1. The first-order valence-electron chi connectivity index (χ1n) is 7.48. The number of carbonyl (C=O) groups is 1. The molecule has 0 aromatic carbocycles. The van der Waals surface area contributed by atoms with E-state index in [1.807, 2.05) is 25.7 Å². The van der Waals surface area contributed by atoms with E-state index < -0.39 is 11.5 Å². The van der Waals surface area contributed by atoms with Crippen LogP contribution in [0, 0.1) is 5.95 Å². The van der Waals surface area contributed by atoms with Crippen LogP contribution in [0.15, 0.2) is 18.3 Å². The summed E-state index contributed by atoms with van der Waals surface area (Å²) in [6, 6.07) is 3.55. The van der Waals surface area contributed by atoms with Crippen molar-refractivity contribution in [2.45, 2.75) is 63.6 Å². The Morgan fingerprint density at radius 3 is 2.76 bits per heavy atom. The molecule has 2 saturated heterocycles. The van der Waals surface area contributed by atoms with E-state index in [1.165, 1.54) is 6.07 Å². The molecule has 2 bridgehead atoms. The quantitative estimate of drug-likeness (QED) is 0.744. The largest absolute Gasteiger partial charge is 0.444 e. The number of hydrogen-bond acceptors (Lipinski definition) is 3. The Morgan fingerprint density at radius 1 is 1.38 bits per heavy atom. The summed E-state index contributed by atoms with van der Waals surface area (Å²) in [6.07, 6.45) is 4.28. The predicted octanol–water partition coefficient (Wildman–Crippen LogP) is 3.48. The van der Waals surface area contributed by atoms with Crippen molar-refractivity contribution >= 4 is 6.09 Å². The Kier molecular flexibility index (Phi) is 3.38. The molecule has 1 aromatic heterocycles. The van der Waals surface area contributed by atoms with Gasteiger partial charge in [-0.25, -0.2) is 9.78 Å². The molecular weight excluding hydrogens is 270 g/mol. The molecule has 0 radical (unpaired) electrons. The van der Waals surface area contributed by atoms with E-state index in [2.05, 4.69) is 4.98 Å². The van der Waals surface area contributed by atoms with E-state index >= 15 is 0 Å². The van der Waals surface area contributed by atoms with Gasteiger partial charge in [0.25, 0.3) is 0 Å². The molecule has 114 valence electrons. The highest BCUT2D eigenvalue weighted by Crippen LogP contribution is 2.47. The lowest BCUT2D eigenvalue weighted by Crippen LogP contribution is -2.40. The summed E-state index contributed by atoms with van der Waals surface area (Å²) in [7, 11) is 0. The van der Waals surface area contributed by atoms with Crippen molar-refractivity contribution in [1.82, 2.24) is 9.88 Å². The Balaban J connectivity index is 1.78. The van der Waals surface area contributed by atoms with Gasteiger partial charge >= 0.3 is 6.09 Å². The molecule has 3 heterocycles.